The summed E-state index contributed by atoms with van der Waals surface area (Å²) in [6, 6.07) is 7.76. The van der Waals surface area contributed by atoms with Gasteiger partial charge in [0.05, 0.1) is 29.3 Å². The molecule has 26 heavy (non-hydrogen) atoms. The average molecular weight is 378 g/mol. The van der Waals surface area contributed by atoms with Crippen molar-refractivity contribution < 1.29 is 17.9 Å². The summed E-state index contributed by atoms with van der Waals surface area (Å²) in [6.07, 6.45) is 1.45. The quantitative estimate of drug-likeness (QED) is 0.812. The van der Waals surface area contributed by atoms with Gasteiger partial charge in [0.2, 0.25) is 10.0 Å². The largest absolute Gasteiger partial charge is 0.372 e. The Morgan fingerprint density at radius 3 is 2.69 bits per heavy atom. The first-order chi connectivity index (χ1) is 12.3. The Hall–Kier alpha value is -2.23. The molecule has 2 atom stereocenters. The predicted molar refractivity (Wildman–Crippen MR) is 95.0 cm³/mol. The van der Waals surface area contributed by atoms with Crippen LogP contribution in [0.25, 0.3) is 0 Å². The lowest BCUT2D eigenvalue weighted by Gasteiger charge is -2.35. The van der Waals surface area contributed by atoms with E-state index >= 15 is 0 Å². The molecule has 1 aliphatic heterocycles. The highest BCUT2D eigenvalue weighted by atomic mass is 32.2. The first-order valence-electron chi connectivity index (χ1n) is 8.38. The molecule has 3 rings (SSSR count). The van der Waals surface area contributed by atoms with Gasteiger partial charge in [-0.15, -0.1) is 0 Å². The van der Waals surface area contributed by atoms with Crippen LogP contribution < -0.4 is 4.72 Å². The van der Waals surface area contributed by atoms with Crippen LogP contribution in [0.3, 0.4) is 0 Å². The summed E-state index contributed by atoms with van der Waals surface area (Å²) >= 11 is 0. The molecule has 0 bridgehead atoms. The zero-order valence-electron chi connectivity index (χ0n) is 14.7. The van der Waals surface area contributed by atoms with Crippen LogP contribution in [0.15, 0.2) is 41.4 Å². The zero-order valence-corrected chi connectivity index (χ0v) is 15.5. The van der Waals surface area contributed by atoms with Gasteiger partial charge < -0.3 is 9.64 Å². The van der Waals surface area contributed by atoms with E-state index in [4.69, 9.17) is 4.74 Å². The SMILES string of the molecule is C[C@@H]1CN(C(=O)c2cccc(S(=O)(=O)NCc3ccn[nH]3)c2)C[C@H](C)O1. The van der Waals surface area contributed by atoms with Gasteiger partial charge in [0.1, 0.15) is 0 Å². The number of nitrogens with zero attached hydrogens (tertiary/aromatic N) is 2. The number of nitrogens with one attached hydrogen (secondary N) is 2. The molecule has 1 aromatic carbocycles. The molecule has 2 aromatic rings. The highest BCUT2D eigenvalue weighted by Crippen LogP contribution is 2.17. The number of hydrogen-bond acceptors (Lipinski definition) is 5. The summed E-state index contributed by atoms with van der Waals surface area (Å²) < 4.78 is 33.1. The van der Waals surface area contributed by atoms with E-state index in [2.05, 4.69) is 14.9 Å². The molecular weight excluding hydrogens is 356 g/mol. The number of amides is 1. The molecule has 8 nitrogen and oxygen atoms in total. The van der Waals surface area contributed by atoms with E-state index < -0.39 is 10.0 Å². The smallest absolute Gasteiger partial charge is 0.254 e. The molecule has 0 unspecified atom stereocenters. The number of benzene rings is 1. The predicted octanol–water partition coefficient (Wildman–Crippen LogP) is 1.14. The summed E-state index contributed by atoms with van der Waals surface area (Å²) in [5, 5.41) is 6.47. The summed E-state index contributed by atoms with van der Waals surface area (Å²) in [7, 11) is -3.74. The lowest BCUT2D eigenvalue weighted by Crippen LogP contribution is -2.48. The van der Waals surface area contributed by atoms with Crippen molar-refractivity contribution in [3.05, 3.63) is 47.8 Å². The molecular formula is C17H22N4O4S. The first kappa shape index (κ1) is 18.6. The minimum atomic E-state index is -3.74. The van der Waals surface area contributed by atoms with Gasteiger partial charge in [-0.2, -0.15) is 5.10 Å². The van der Waals surface area contributed by atoms with Gasteiger partial charge in [-0.25, -0.2) is 13.1 Å². The van der Waals surface area contributed by atoms with Crippen LogP contribution in [0, 0.1) is 0 Å². The van der Waals surface area contributed by atoms with E-state index in [0.717, 1.165) is 0 Å². The number of carbonyl (C=O) groups is 1. The van der Waals surface area contributed by atoms with Crippen molar-refractivity contribution >= 4 is 15.9 Å². The molecule has 1 fully saturated rings. The first-order valence-corrected chi connectivity index (χ1v) is 9.86. The van der Waals surface area contributed by atoms with E-state index in [1.807, 2.05) is 13.8 Å². The molecule has 0 aliphatic carbocycles. The van der Waals surface area contributed by atoms with Crippen LogP contribution in [0.1, 0.15) is 29.9 Å². The maximum absolute atomic E-state index is 12.8. The van der Waals surface area contributed by atoms with Crippen LogP contribution in [0.4, 0.5) is 0 Å². The molecule has 9 heteroatoms. The number of aromatic amines is 1. The molecule has 2 heterocycles. The number of aromatic nitrogens is 2. The molecule has 1 aliphatic rings. The fourth-order valence-electron chi connectivity index (χ4n) is 2.96. The number of morpholine rings is 1. The van der Waals surface area contributed by atoms with E-state index in [9.17, 15) is 13.2 Å². The molecule has 1 amide bonds. The number of H-pyrrole nitrogens is 1. The van der Waals surface area contributed by atoms with Crippen molar-refractivity contribution in [2.45, 2.75) is 37.5 Å². The van der Waals surface area contributed by atoms with E-state index in [-0.39, 0.29) is 29.6 Å². The molecule has 1 saturated heterocycles. The summed E-state index contributed by atoms with van der Waals surface area (Å²) in [5.41, 5.74) is 0.993. The fourth-order valence-corrected chi connectivity index (χ4v) is 4.01. The minimum Gasteiger partial charge on any atom is -0.372 e. The van der Waals surface area contributed by atoms with Gasteiger partial charge in [-0.3, -0.25) is 9.89 Å². The van der Waals surface area contributed by atoms with Gasteiger partial charge in [0.15, 0.2) is 0 Å². The third-order valence-electron chi connectivity index (χ3n) is 4.11. The van der Waals surface area contributed by atoms with Crippen molar-refractivity contribution in [3.63, 3.8) is 0 Å². The van der Waals surface area contributed by atoms with E-state index in [1.165, 1.54) is 12.1 Å². The van der Waals surface area contributed by atoms with E-state index in [0.29, 0.717) is 24.3 Å². The molecule has 2 N–H and O–H groups in total. The van der Waals surface area contributed by atoms with Gasteiger partial charge in [0.25, 0.3) is 5.91 Å². The van der Waals surface area contributed by atoms with Gasteiger partial charge in [-0.1, -0.05) is 6.07 Å². The molecule has 1 aromatic heterocycles. The van der Waals surface area contributed by atoms with Crippen molar-refractivity contribution in [2.24, 2.45) is 0 Å². The van der Waals surface area contributed by atoms with Crippen LogP contribution in [0.2, 0.25) is 0 Å². The zero-order chi connectivity index (χ0) is 18.7. The highest BCUT2D eigenvalue weighted by Gasteiger charge is 2.27. The summed E-state index contributed by atoms with van der Waals surface area (Å²) in [6.45, 7) is 4.89. The Bertz CT molecular complexity index is 857. The maximum atomic E-state index is 12.8. The normalized spacial score (nSPS) is 20.9. The number of rotatable bonds is 5. The Morgan fingerprint density at radius 2 is 2.04 bits per heavy atom. The second-order valence-electron chi connectivity index (χ2n) is 6.40. The number of sulfonamides is 1. The lowest BCUT2D eigenvalue weighted by molar-refractivity contribution is -0.0586. The second kappa shape index (κ2) is 7.56. The van der Waals surface area contributed by atoms with Gasteiger partial charge >= 0.3 is 0 Å². The Labute approximate surface area is 152 Å². The number of hydrogen-bond donors (Lipinski definition) is 2. The van der Waals surface area contributed by atoms with E-state index in [1.54, 1.807) is 29.3 Å². The van der Waals surface area contributed by atoms with Crippen LogP contribution in [-0.2, 0) is 21.3 Å². The van der Waals surface area contributed by atoms with Crippen LogP contribution in [0.5, 0.6) is 0 Å². The lowest BCUT2D eigenvalue weighted by atomic mass is 10.1. The summed E-state index contributed by atoms with van der Waals surface area (Å²) in [4.78, 5) is 14.5. The minimum absolute atomic E-state index is 0.0503. The molecule has 0 saturated carbocycles. The third kappa shape index (κ3) is 4.29. The maximum Gasteiger partial charge on any atom is 0.254 e. The number of ether oxygens (including phenoxy) is 1. The van der Waals surface area contributed by atoms with Gasteiger partial charge in [-0.05, 0) is 38.1 Å². The monoisotopic (exact) mass is 378 g/mol. The highest BCUT2D eigenvalue weighted by molar-refractivity contribution is 7.89. The number of carbonyl (C=O) groups excluding carboxylic acids is 1. The van der Waals surface area contributed by atoms with Crippen molar-refractivity contribution in [1.29, 1.82) is 0 Å². The van der Waals surface area contributed by atoms with Gasteiger partial charge in [0, 0.05) is 24.8 Å². The van der Waals surface area contributed by atoms with Crippen molar-refractivity contribution in [2.75, 3.05) is 13.1 Å². The summed E-state index contributed by atoms with van der Waals surface area (Å²) in [5.74, 6) is -0.197. The third-order valence-corrected chi connectivity index (χ3v) is 5.51. The topological polar surface area (TPSA) is 104 Å². The van der Waals surface area contributed by atoms with Crippen molar-refractivity contribution in [1.82, 2.24) is 19.8 Å². The second-order valence-corrected chi connectivity index (χ2v) is 8.17. The molecule has 140 valence electrons. The fraction of sp³-hybridized carbons (Fsp3) is 0.412. The standard InChI is InChI=1S/C17H22N4O4S/c1-12-10-21(11-13(2)25-12)17(22)14-4-3-5-16(8-14)26(23,24)19-9-15-6-7-18-20-15/h3-8,12-13,19H,9-11H2,1-2H3,(H,18,20)/t12-,13+. The Kier molecular flexibility index (Phi) is 5.40. The average Bonchev–Trinajstić information content (AvgIpc) is 3.12. The van der Waals surface area contributed by atoms with Crippen molar-refractivity contribution in [3.8, 4) is 0 Å². The van der Waals surface area contributed by atoms with Crippen LogP contribution in [-0.4, -0.2) is 54.7 Å². The molecule has 0 spiro atoms. The van der Waals surface area contributed by atoms with Crippen LogP contribution >= 0.6 is 0 Å². The molecule has 0 radical (unpaired) electrons. The Morgan fingerprint density at radius 1 is 1.31 bits per heavy atom. The Balaban J connectivity index is 1.75.